The quantitative estimate of drug-likeness (QED) is 0.199. The van der Waals surface area contributed by atoms with E-state index in [1.807, 2.05) is 48.5 Å². The summed E-state index contributed by atoms with van der Waals surface area (Å²) in [6.07, 6.45) is 0. The molecule has 9 aromatic rings. The lowest BCUT2D eigenvalue weighted by molar-refractivity contribution is 0.669. The second-order valence-electron chi connectivity index (χ2n) is 10.8. The lowest BCUT2D eigenvalue weighted by Crippen LogP contribution is -1.93. The van der Waals surface area contributed by atoms with E-state index >= 15 is 0 Å². The van der Waals surface area contributed by atoms with E-state index in [1.54, 1.807) is 0 Å². The molecule has 0 N–H and O–H groups in total. The minimum absolute atomic E-state index is 0.190. The van der Waals surface area contributed by atoms with E-state index in [0.29, 0.717) is 5.56 Å². The van der Waals surface area contributed by atoms with Crippen molar-refractivity contribution < 1.29 is 11.3 Å². The van der Waals surface area contributed by atoms with Crippen molar-refractivity contribution in [1.29, 1.82) is 0 Å². The van der Waals surface area contributed by atoms with Crippen molar-refractivity contribution >= 4 is 54.3 Å². The molecule has 0 saturated heterocycles. The van der Waals surface area contributed by atoms with Gasteiger partial charge in [-0.25, -0.2) is 0 Å². The number of benzene rings is 8. The van der Waals surface area contributed by atoms with Gasteiger partial charge in [0.2, 0.25) is 0 Å². The molecule has 0 unspecified atom stereocenters. The van der Waals surface area contributed by atoms with Crippen molar-refractivity contribution in [3.8, 4) is 33.4 Å². The van der Waals surface area contributed by atoms with Crippen LogP contribution in [0.4, 0.5) is 0 Å². The van der Waals surface area contributed by atoms with Crippen LogP contribution in [0.25, 0.3) is 87.6 Å². The molecule has 1 nitrogen and oxygen atoms in total. The minimum atomic E-state index is -0.403. The SMILES string of the molecule is [2H]c1c([2H])c([2H])c(-c2ccccc2-c2c3ccccc3c(-c3cccc4oc5ccc6ccccc6c5c34)c3ccccc23)c([2H])c1[2H]. The minimum Gasteiger partial charge on any atom is -0.456 e. The van der Waals surface area contributed by atoms with Gasteiger partial charge in [-0.3, -0.25) is 0 Å². The van der Waals surface area contributed by atoms with Gasteiger partial charge in [-0.05, 0) is 77.8 Å². The summed E-state index contributed by atoms with van der Waals surface area (Å²) in [5.74, 6) is 0. The molecule has 0 atom stereocenters. The summed E-state index contributed by atoms with van der Waals surface area (Å²) in [5.41, 5.74) is 6.35. The largest absolute Gasteiger partial charge is 0.456 e. The predicted octanol–water partition coefficient (Wildman–Crippen LogP) is 12.0. The van der Waals surface area contributed by atoms with Gasteiger partial charge < -0.3 is 4.42 Å². The van der Waals surface area contributed by atoms with Crippen molar-refractivity contribution in [2.45, 2.75) is 0 Å². The van der Waals surface area contributed by atoms with Gasteiger partial charge >= 0.3 is 0 Å². The Kier molecular flexibility index (Phi) is 4.27. The van der Waals surface area contributed by atoms with E-state index < -0.39 is 6.04 Å². The zero-order valence-electron chi connectivity index (χ0n) is 28.0. The molecular formula is C42H26O. The Labute approximate surface area is 256 Å². The van der Waals surface area contributed by atoms with E-state index in [0.717, 1.165) is 76.5 Å². The second kappa shape index (κ2) is 9.44. The van der Waals surface area contributed by atoms with Crippen LogP contribution in [0.15, 0.2) is 162 Å². The molecule has 0 aliphatic carbocycles. The summed E-state index contributed by atoms with van der Waals surface area (Å²) in [7, 11) is 0. The number of hydrogen-bond donors (Lipinski definition) is 0. The van der Waals surface area contributed by atoms with Crippen molar-refractivity contribution in [3.63, 3.8) is 0 Å². The summed E-state index contributed by atoms with van der Waals surface area (Å²) < 4.78 is 49.0. The maximum atomic E-state index is 8.81. The van der Waals surface area contributed by atoms with E-state index in [1.165, 1.54) is 0 Å². The number of furan rings is 1. The number of fused-ring (bicyclic) bond motifs is 7. The molecule has 0 aliphatic heterocycles. The molecule has 1 heteroatoms. The Morgan fingerprint density at radius 2 is 0.930 bits per heavy atom. The monoisotopic (exact) mass is 551 g/mol. The van der Waals surface area contributed by atoms with Gasteiger partial charge in [-0.15, -0.1) is 0 Å². The highest BCUT2D eigenvalue weighted by atomic mass is 16.3. The van der Waals surface area contributed by atoms with Crippen molar-refractivity contribution in [3.05, 3.63) is 158 Å². The first-order valence-corrected chi connectivity index (χ1v) is 14.4. The average Bonchev–Trinajstić information content (AvgIpc) is 3.52. The molecule has 0 fully saturated rings. The third-order valence-corrected chi connectivity index (χ3v) is 8.55. The molecule has 8 aromatic carbocycles. The van der Waals surface area contributed by atoms with Crippen LogP contribution in [0.1, 0.15) is 6.85 Å². The average molecular weight is 552 g/mol. The first-order chi connectivity index (χ1) is 23.4. The van der Waals surface area contributed by atoms with Crippen LogP contribution in [-0.2, 0) is 0 Å². The first-order valence-electron chi connectivity index (χ1n) is 16.9. The first kappa shape index (κ1) is 19.5. The molecular weight excluding hydrogens is 520 g/mol. The molecule has 0 bridgehead atoms. The van der Waals surface area contributed by atoms with Gasteiger partial charge in [0.15, 0.2) is 0 Å². The normalized spacial score (nSPS) is 13.3. The van der Waals surface area contributed by atoms with E-state index in [2.05, 4.69) is 78.9 Å². The summed E-state index contributed by atoms with van der Waals surface area (Å²) in [6.45, 7) is 0. The molecule has 0 amide bonds. The third kappa shape index (κ3) is 3.58. The van der Waals surface area contributed by atoms with Crippen molar-refractivity contribution in [1.82, 2.24) is 0 Å². The van der Waals surface area contributed by atoms with E-state index in [4.69, 9.17) is 11.3 Å². The smallest absolute Gasteiger partial charge is 0.136 e. The fourth-order valence-electron chi connectivity index (χ4n) is 6.81. The highest BCUT2D eigenvalue weighted by Gasteiger charge is 2.22. The summed E-state index contributed by atoms with van der Waals surface area (Å²) >= 11 is 0. The van der Waals surface area contributed by atoms with E-state index in [-0.39, 0.29) is 29.7 Å². The van der Waals surface area contributed by atoms with Crippen LogP contribution in [0.5, 0.6) is 0 Å². The zero-order chi connectivity index (χ0) is 32.7. The van der Waals surface area contributed by atoms with Gasteiger partial charge in [0.25, 0.3) is 0 Å². The fraction of sp³-hybridized carbons (Fsp3) is 0. The molecule has 1 heterocycles. The molecule has 43 heavy (non-hydrogen) atoms. The Balaban J connectivity index is 1.43. The highest BCUT2D eigenvalue weighted by Crippen LogP contribution is 2.48. The molecule has 1 aromatic heterocycles. The maximum Gasteiger partial charge on any atom is 0.136 e. The molecule has 0 aliphatic rings. The standard InChI is InChI=1S/C42H26O/c1-2-13-27(14-3-1)29-16-6-7-18-31(29)39-32-19-8-10-21-34(32)40(35-22-11-9-20-33(35)39)36-23-12-24-37-42(36)41-30-17-5-4-15-28(30)25-26-38(41)43-37/h1-26H/i1D,2D,3D,13D,14D. The Morgan fingerprint density at radius 3 is 1.63 bits per heavy atom. The van der Waals surface area contributed by atoms with Crippen LogP contribution in [0.3, 0.4) is 0 Å². The molecule has 0 saturated carbocycles. The number of hydrogen-bond acceptors (Lipinski definition) is 1. The summed E-state index contributed by atoms with van der Waals surface area (Å²) in [5, 5.41) is 8.53. The molecule has 200 valence electrons. The number of rotatable bonds is 3. The van der Waals surface area contributed by atoms with Crippen LogP contribution >= 0.6 is 0 Å². The van der Waals surface area contributed by atoms with Gasteiger partial charge in [0.1, 0.15) is 11.2 Å². The topological polar surface area (TPSA) is 13.1 Å². The maximum absolute atomic E-state index is 8.81. The van der Waals surface area contributed by atoms with Crippen molar-refractivity contribution in [2.75, 3.05) is 0 Å². The third-order valence-electron chi connectivity index (χ3n) is 8.55. The van der Waals surface area contributed by atoms with Crippen LogP contribution < -0.4 is 0 Å². The Hall–Kier alpha value is -5.66. The molecule has 9 rings (SSSR count). The van der Waals surface area contributed by atoms with Crippen LogP contribution in [0.2, 0.25) is 0 Å². The fourth-order valence-corrected chi connectivity index (χ4v) is 6.81. The molecule has 0 spiro atoms. The van der Waals surface area contributed by atoms with E-state index in [9.17, 15) is 0 Å². The highest BCUT2D eigenvalue weighted by molar-refractivity contribution is 6.28. The lowest BCUT2D eigenvalue weighted by atomic mass is 9.83. The van der Waals surface area contributed by atoms with Gasteiger partial charge in [0.05, 0.1) is 6.85 Å². The van der Waals surface area contributed by atoms with Gasteiger partial charge in [0, 0.05) is 10.8 Å². The zero-order valence-corrected chi connectivity index (χ0v) is 23.0. The Morgan fingerprint density at radius 1 is 0.395 bits per heavy atom. The van der Waals surface area contributed by atoms with Gasteiger partial charge in [-0.1, -0.05) is 145 Å². The summed E-state index contributed by atoms with van der Waals surface area (Å²) in [4.78, 5) is 0. The summed E-state index contributed by atoms with van der Waals surface area (Å²) in [6, 6.07) is 41.6. The second-order valence-corrected chi connectivity index (χ2v) is 10.8. The van der Waals surface area contributed by atoms with Crippen LogP contribution in [0, 0.1) is 0 Å². The predicted molar refractivity (Wildman–Crippen MR) is 183 cm³/mol. The van der Waals surface area contributed by atoms with Gasteiger partial charge in [-0.2, -0.15) is 0 Å². The van der Waals surface area contributed by atoms with Crippen LogP contribution in [-0.4, -0.2) is 0 Å². The molecule has 0 radical (unpaired) electrons. The van der Waals surface area contributed by atoms with Crippen molar-refractivity contribution in [2.24, 2.45) is 0 Å². The Bertz CT molecular complexity index is 2710. The lowest BCUT2D eigenvalue weighted by Gasteiger charge is -2.20.